The Morgan fingerprint density at radius 3 is 2.74 bits per heavy atom. The molecule has 4 rings (SSSR count). The van der Waals surface area contributed by atoms with Crippen LogP contribution in [0.1, 0.15) is 57.5 Å². The van der Waals surface area contributed by atoms with E-state index in [4.69, 9.17) is 0 Å². The van der Waals surface area contributed by atoms with Crippen LogP contribution in [0.4, 0.5) is 4.39 Å². The van der Waals surface area contributed by atoms with E-state index in [0.29, 0.717) is 0 Å². The van der Waals surface area contributed by atoms with Crippen LogP contribution < -0.4 is 9.80 Å². The second-order valence-corrected chi connectivity index (χ2v) is 8.71. The van der Waals surface area contributed by atoms with Crippen molar-refractivity contribution < 1.29 is 14.2 Å². The molecule has 2 aromatic rings. The van der Waals surface area contributed by atoms with E-state index < -0.39 is 0 Å². The molecule has 2 fully saturated rings. The maximum atomic E-state index is 13.6. The Bertz CT molecular complexity index is 771. The molecular formula is C20H31FN6+2. The molecule has 0 bridgehead atoms. The fraction of sp³-hybridized carbons (Fsp3) is 0.650. The molecule has 6 nitrogen and oxygen atoms in total. The van der Waals surface area contributed by atoms with E-state index >= 15 is 0 Å². The number of aromatic nitrogens is 4. The van der Waals surface area contributed by atoms with Crippen LogP contribution in [0, 0.1) is 5.82 Å². The van der Waals surface area contributed by atoms with Gasteiger partial charge in [-0.2, -0.15) is 0 Å². The predicted molar refractivity (Wildman–Crippen MR) is 100 cm³/mol. The minimum Gasteiger partial charge on any atom is -0.323 e. The summed E-state index contributed by atoms with van der Waals surface area (Å²) in [6, 6.07) is 7.67. The zero-order valence-corrected chi connectivity index (χ0v) is 16.6. The van der Waals surface area contributed by atoms with E-state index in [-0.39, 0.29) is 17.4 Å². The first-order valence-electron chi connectivity index (χ1n) is 10.2. The Morgan fingerprint density at radius 2 is 2.00 bits per heavy atom. The van der Waals surface area contributed by atoms with E-state index in [1.54, 1.807) is 17.0 Å². The molecule has 0 radical (unpaired) electrons. The second kappa shape index (κ2) is 7.28. The van der Waals surface area contributed by atoms with Gasteiger partial charge in [0.25, 0.3) is 0 Å². The van der Waals surface area contributed by atoms with Crippen molar-refractivity contribution in [3.8, 4) is 0 Å². The molecular weight excluding hydrogens is 343 g/mol. The van der Waals surface area contributed by atoms with Crippen molar-refractivity contribution in [3.63, 3.8) is 0 Å². The number of piperazine rings is 1. The molecule has 2 saturated heterocycles. The van der Waals surface area contributed by atoms with Gasteiger partial charge in [-0.15, -0.1) is 5.10 Å². The number of halogens is 1. The third-order valence-corrected chi connectivity index (χ3v) is 6.71. The first-order chi connectivity index (χ1) is 13.0. The zero-order chi connectivity index (χ0) is 19.0. The van der Waals surface area contributed by atoms with Gasteiger partial charge >= 0.3 is 0 Å². The summed E-state index contributed by atoms with van der Waals surface area (Å²) in [6.45, 7) is 11.2. The molecule has 1 aromatic carbocycles. The van der Waals surface area contributed by atoms with Crippen molar-refractivity contribution in [1.29, 1.82) is 0 Å². The standard InChI is InChI=1S/C20H29FN6/c1-4-20(2,3)27-19(22-23-24-27)18(15-7-9-16(21)10-8-15)26-13-12-25-11-5-6-17(25)14-26/h7-10,17-18H,4-6,11-14H2,1-3H3/p+2/t17-,18+/m1/s1. The van der Waals surface area contributed by atoms with Crippen molar-refractivity contribution >= 4 is 0 Å². The van der Waals surface area contributed by atoms with Gasteiger partial charge in [-0.1, -0.05) is 6.92 Å². The van der Waals surface area contributed by atoms with E-state index in [1.807, 2.05) is 16.8 Å². The van der Waals surface area contributed by atoms with Gasteiger partial charge in [0.1, 0.15) is 31.5 Å². The molecule has 7 heteroatoms. The Hall–Kier alpha value is -1.86. The molecule has 2 N–H and O–H groups in total. The fourth-order valence-electron chi connectivity index (χ4n) is 4.74. The molecule has 0 spiro atoms. The summed E-state index contributed by atoms with van der Waals surface area (Å²) in [7, 11) is 0. The van der Waals surface area contributed by atoms with Crippen molar-refractivity contribution in [2.75, 3.05) is 26.2 Å². The number of rotatable bonds is 5. The van der Waals surface area contributed by atoms with Crippen molar-refractivity contribution in [2.45, 2.75) is 57.7 Å². The van der Waals surface area contributed by atoms with Gasteiger partial charge in [0.2, 0.25) is 5.82 Å². The normalized spacial score (nSPS) is 26.7. The number of nitrogens with zero attached hydrogens (tertiary/aromatic N) is 4. The molecule has 2 aliphatic rings. The molecule has 0 saturated carbocycles. The van der Waals surface area contributed by atoms with Crippen LogP contribution in [0.3, 0.4) is 0 Å². The number of quaternary nitrogens is 2. The average molecular weight is 375 g/mol. The Labute approximate surface area is 160 Å². The smallest absolute Gasteiger partial charge is 0.214 e. The number of fused-ring (bicyclic) bond motifs is 1. The highest BCUT2D eigenvalue weighted by atomic mass is 19.1. The highest BCUT2D eigenvalue weighted by Crippen LogP contribution is 2.25. The van der Waals surface area contributed by atoms with Gasteiger partial charge in [0, 0.05) is 18.4 Å². The highest BCUT2D eigenvalue weighted by molar-refractivity contribution is 5.23. The third kappa shape index (κ3) is 3.50. The van der Waals surface area contributed by atoms with E-state index in [2.05, 4.69) is 36.3 Å². The summed E-state index contributed by atoms with van der Waals surface area (Å²) in [4.78, 5) is 3.25. The highest BCUT2D eigenvalue weighted by Gasteiger charge is 2.43. The van der Waals surface area contributed by atoms with Gasteiger partial charge in [-0.05, 0) is 55.0 Å². The fourth-order valence-corrected chi connectivity index (χ4v) is 4.74. The summed E-state index contributed by atoms with van der Waals surface area (Å²) in [5.74, 6) is 0.691. The first-order valence-corrected chi connectivity index (χ1v) is 10.2. The van der Waals surface area contributed by atoms with Gasteiger partial charge in [0.15, 0.2) is 6.04 Å². The lowest BCUT2D eigenvalue weighted by Gasteiger charge is -2.37. The van der Waals surface area contributed by atoms with Crippen molar-refractivity contribution in [2.24, 2.45) is 0 Å². The summed E-state index contributed by atoms with van der Waals surface area (Å²) in [5, 5.41) is 12.8. The molecule has 3 heterocycles. The monoisotopic (exact) mass is 374 g/mol. The van der Waals surface area contributed by atoms with Crippen LogP contribution in [-0.4, -0.2) is 52.4 Å². The van der Waals surface area contributed by atoms with E-state index in [1.165, 1.54) is 30.8 Å². The van der Waals surface area contributed by atoms with Gasteiger partial charge in [-0.3, -0.25) is 0 Å². The van der Waals surface area contributed by atoms with Crippen molar-refractivity contribution in [3.05, 3.63) is 41.5 Å². The summed E-state index contributed by atoms with van der Waals surface area (Å²) < 4.78 is 15.6. The molecule has 0 amide bonds. The maximum absolute atomic E-state index is 13.6. The molecule has 146 valence electrons. The molecule has 4 atom stereocenters. The topological polar surface area (TPSA) is 52.5 Å². The first kappa shape index (κ1) is 18.5. The second-order valence-electron chi connectivity index (χ2n) is 8.71. The number of tetrazole rings is 1. The van der Waals surface area contributed by atoms with Crippen LogP contribution in [0.25, 0.3) is 0 Å². The maximum Gasteiger partial charge on any atom is 0.214 e. The zero-order valence-electron chi connectivity index (χ0n) is 16.6. The molecule has 2 aliphatic heterocycles. The largest absolute Gasteiger partial charge is 0.323 e. The number of nitrogens with one attached hydrogen (secondary N) is 2. The van der Waals surface area contributed by atoms with Gasteiger partial charge < -0.3 is 9.80 Å². The SMILES string of the molecule is CCC(C)(C)n1nnnc1[C@H](c1ccc(F)cc1)[NH+]1CC[NH+]2CCC[C@@H]2C1. The van der Waals surface area contributed by atoms with Crippen LogP contribution in [-0.2, 0) is 5.54 Å². The third-order valence-electron chi connectivity index (χ3n) is 6.71. The number of hydrogen-bond acceptors (Lipinski definition) is 3. The van der Waals surface area contributed by atoms with Crippen LogP contribution in [0.2, 0.25) is 0 Å². The quantitative estimate of drug-likeness (QED) is 0.774. The molecule has 27 heavy (non-hydrogen) atoms. The van der Waals surface area contributed by atoms with E-state index in [0.717, 1.165) is 36.9 Å². The predicted octanol–water partition coefficient (Wildman–Crippen LogP) is -0.00750. The lowest BCUT2D eigenvalue weighted by atomic mass is 9.98. The van der Waals surface area contributed by atoms with Gasteiger partial charge in [0.05, 0.1) is 12.1 Å². The number of hydrogen-bond donors (Lipinski definition) is 2. The Kier molecular flexibility index (Phi) is 4.99. The van der Waals surface area contributed by atoms with Crippen LogP contribution in [0.15, 0.2) is 24.3 Å². The summed E-state index contributed by atoms with van der Waals surface area (Å²) >= 11 is 0. The Morgan fingerprint density at radius 1 is 1.22 bits per heavy atom. The van der Waals surface area contributed by atoms with Crippen LogP contribution >= 0.6 is 0 Å². The minimum atomic E-state index is -0.203. The van der Waals surface area contributed by atoms with Gasteiger partial charge in [-0.25, -0.2) is 9.07 Å². The summed E-state index contributed by atoms with van der Waals surface area (Å²) in [6.07, 6.45) is 3.58. The van der Waals surface area contributed by atoms with Crippen molar-refractivity contribution in [1.82, 2.24) is 20.2 Å². The average Bonchev–Trinajstić information content (AvgIpc) is 3.33. The lowest BCUT2D eigenvalue weighted by Crippen LogP contribution is -3.29. The molecule has 0 aliphatic carbocycles. The lowest BCUT2D eigenvalue weighted by molar-refractivity contribution is -1.03. The molecule has 1 aromatic heterocycles. The molecule has 2 unspecified atom stereocenters. The Balaban J connectivity index is 1.73. The van der Waals surface area contributed by atoms with Crippen LogP contribution in [0.5, 0.6) is 0 Å². The summed E-state index contributed by atoms with van der Waals surface area (Å²) in [5.41, 5.74) is 0.938. The number of benzene rings is 1. The minimum absolute atomic E-state index is 0.0357. The van der Waals surface area contributed by atoms with E-state index in [9.17, 15) is 4.39 Å².